The monoisotopic (exact) mass is 402 g/mol. The third kappa shape index (κ3) is 3.29. The molecular formula is C25H38O4. The number of ketones is 2. The van der Waals surface area contributed by atoms with E-state index in [0.717, 1.165) is 25.7 Å². The molecule has 8 atom stereocenters. The Morgan fingerprint density at radius 3 is 2.52 bits per heavy atom. The second-order valence-corrected chi connectivity index (χ2v) is 11.2. The van der Waals surface area contributed by atoms with Crippen LogP contribution in [0.4, 0.5) is 0 Å². The van der Waals surface area contributed by atoms with E-state index >= 15 is 0 Å². The van der Waals surface area contributed by atoms with Crippen molar-refractivity contribution in [3.8, 4) is 0 Å². The van der Waals surface area contributed by atoms with Gasteiger partial charge in [-0.05, 0) is 78.9 Å². The summed E-state index contributed by atoms with van der Waals surface area (Å²) in [6, 6.07) is 0. The van der Waals surface area contributed by atoms with Crippen LogP contribution in [0.1, 0.15) is 85.0 Å². The summed E-state index contributed by atoms with van der Waals surface area (Å²) >= 11 is 0. The van der Waals surface area contributed by atoms with Gasteiger partial charge in [0, 0.05) is 31.6 Å². The van der Waals surface area contributed by atoms with Crippen molar-refractivity contribution in [2.24, 2.45) is 46.3 Å². The normalized spacial score (nSPS) is 45.2. The Kier molecular flexibility index (Phi) is 5.44. The van der Waals surface area contributed by atoms with Gasteiger partial charge in [-0.2, -0.15) is 0 Å². The first-order valence-electron chi connectivity index (χ1n) is 11.8. The van der Waals surface area contributed by atoms with E-state index in [0.29, 0.717) is 60.9 Å². The van der Waals surface area contributed by atoms with Gasteiger partial charge in [0.05, 0.1) is 7.11 Å². The largest absolute Gasteiger partial charge is 0.469 e. The molecule has 0 aromatic heterocycles. The molecule has 4 nitrogen and oxygen atoms in total. The maximum Gasteiger partial charge on any atom is 0.305 e. The van der Waals surface area contributed by atoms with Crippen LogP contribution in [0.3, 0.4) is 0 Å². The maximum atomic E-state index is 13.4. The molecule has 3 unspecified atom stereocenters. The van der Waals surface area contributed by atoms with Gasteiger partial charge in [0.25, 0.3) is 0 Å². The summed E-state index contributed by atoms with van der Waals surface area (Å²) < 4.78 is 4.84. The molecule has 4 heteroatoms. The number of fused-ring (bicyclic) bond motifs is 5. The predicted octanol–water partition coefficient (Wildman–Crippen LogP) is 4.98. The number of methoxy groups -OCH3 is 1. The lowest BCUT2D eigenvalue weighted by Crippen LogP contribution is -2.57. The number of esters is 1. The van der Waals surface area contributed by atoms with E-state index in [2.05, 4.69) is 20.8 Å². The SMILES string of the molecule is COC(=O)CC[C@@H](C)[C@H]1CCC2C3C(=O)C[C@@H]4CC(=O)CC[C@]4(C)C3CC[C@@]21C. The van der Waals surface area contributed by atoms with E-state index in [1.54, 1.807) is 0 Å². The van der Waals surface area contributed by atoms with Crippen LogP contribution in [0.15, 0.2) is 0 Å². The number of rotatable bonds is 4. The molecule has 29 heavy (non-hydrogen) atoms. The van der Waals surface area contributed by atoms with E-state index in [9.17, 15) is 14.4 Å². The highest BCUT2D eigenvalue weighted by Gasteiger charge is 2.63. The number of carbonyl (C=O) groups is 3. The molecule has 4 rings (SSSR count). The fraction of sp³-hybridized carbons (Fsp3) is 0.880. The fourth-order valence-corrected chi connectivity index (χ4v) is 8.35. The van der Waals surface area contributed by atoms with Crippen molar-refractivity contribution in [3.63, 3.8) is 0 Å². The lowest BCUT2D eigenvalue weighted by molar-refractivity contribution is -0.159. The predicted molar refractivity (Wildman–Crippen MR) is 111 cm³/mol. The lowest BCUT2D eigenvalue weighted by Gasteiger charge is -2.59. The van der Waals surface area contributed by atoms with Crippen LogP contribution >= 0.6 is 0 Å². The van der Waals surface area contributed by atoms with E-state index < -0.39 is 0 Å². The van der Waals surface area contributed by atoms with E-state index in [1.165, 1.54) is 20.0 Å². The third-order valence-corrected chi connectivity index (χ3v) is 10.1. The van der Waals surface area contributed by atoms with Gasteiger partial charge < -0.3 is 4.74 Å². The smallest absolute Gasteiger partial charge is 0.305 e. The van der Waals surface area contributed by atoms with Gasteiger partial charge in [-0.3, -0.25) is 14.4 Å². The number of ether oxygens (including phenoxy) is 1. The Hall–Kier alpha value is -1.19. The summed E-state index contributed by atoms with van der Waals surface area (Å²) in [5, 5.41) is 0. The fourth-order valence-electron chi connectivity index (χ4n) is 8.35. The minimum absolute atomic E-state index is 0.117. The second-order valence-electron chi connectivity index (χ2n) is 11.2. The van der Waals surface area contributed by atoms with Crippen molar-refractivity contribution in [1.82, 2.24) is 0 Å². The van der Waals surface area contributed by atoms with Crippen molar-refractivity contribution in [3.05, 3.63) is 0 Å². The summed E-state index contributed by atoms with van der Waals surface area (Å²) in [7, 11) is 1.46. The van der Waals surface area contributed by atoms with Crippen LogP contribution in [-0.2, 0) is 19.1 Å². The Morgan fingerprint density at radius 1 is 1.07 bits per heavy atom. The number of carbonyl (C=O) groups excluding carboxylic acids is 3. The van der Waals surface area contributed by atoms with E-state index in [4.69, 9.17) is 4.74 Å². The van der Waals surface area contributed by atoms with Gasteiger partial charge >= 0.3 is 5.97 Å². The molecule has 0 aliphatic heterocycles. The van der Waals surface area contributed by atoms with Crippen LogP contribution in [0, 0.1) is 46.3 Å². The molecule has 0 saturated heterocycles. The first-order chi connectivity index (χ1) is 13.7. The van der Waals surface area contributed by atoms with Crippen molar-refractivity contribution in [2.45, 2.75) is 85.0 Å². The molecule has 4 saturated carbocycles. The highest BCUT2D eigenvalue weighted by molar-refractivity contribution is 5.86. The molecule has 4 fully saturated rings. The standard InChI is InChI=1S/C25H38O4/c1-15(5-8-22(28)29-4)18-6-7-19-23-20(10-12-25(18,19)3)24(2)11-9-17(26)13-16(24)14-21(23)27/h15-16,18-20,23H,5-14H2,1-4H3/t15-,16+,18-,19?,20?,23?,24+,25-/m1/s1. The molecule has 0 aromatic rings. The van der Waals surface area contributed by atoms with Crippen LogP contribution in [-0.4, -0.2) is 24.6 Å². The average Bonchev–Trinajstić information content (AvgIpc) is 3.04. The summed E-state index contributed by atoms with van der Waals surface area (Å²) in [5.41, 5.74) is 0.377. The van der Waals surface area contributed by atoms with Crippen LogP contribution in [0.5, 0.6) is 0 Å². The van der Waals surface area contributed by atoms with Crippen molar-refractivity contribution < 1.29 is 19.1 Å². The highest BCUT2D eigenvalue weighted by Crippen LogP contribution is 2.67. The highest BCUT2D eigenvalue weighted by atomic mass is 16.5. The quantitative estimate of drug-likeness (QED) is 0.622. The summed E-state index contributed by atoms with van der Waals surface area (Å²) in [5.74, 6) is 3.18. The van der Waals surface area contributed by atoms with Crippen LogP contribution < -0.4 is 0 Å². The molecule has 162 valence electrons. The molecule has 0 heterocycles. The molecular weight excluding hydrogens is 364 g/mol. The summed E-state index contributed by atoms with van der Waals surface area (Å²) in [6.45, 7) is 7.12. The van der Waals surface area contributed by atoms with Crippen molar-refractivity contribution in [1.29, 1.82) is 0 Å². The lowest BCUT2D eigenvalue weighted by atomic mass is 9.44. The zero-order chi connectivity index (χ0) is 21.0. The first kappa shape index (κ1) is 21.1. The minimum Gasteiger partial charge on any atom is -0.469 e. The van der Waals surface area contributed by atoms with Crippen LogP contribution in [0.25, 0.3) is 0 Å². The van der Waals surface area contributed by atoms with Gasteiger partial charge in [-0.25, -0.2) is 0 Å². The van der Waals surface area contributed by atoms with Gasteiger partial charge in [0.2, 0.25) is 0 Å². The molecule has 4 aliphatic rings. The molecule has 0 bridgehead atoms. The molecule has 0 spiro atoms. The average molecular weight is 403 g/mol. The second kappa shape index (κ2) is 7.50. The zero-order valence-electron chi connectivity index (χ0n) is 18.7. The van der Waals surface area contributed by atoms with E-state index in [-0.39, 0.29) is 28.6 Å². The Bertz CT molecular complexity index is 699. The summed E-state index contributed by atoms with van der Waals surface area (Å²) in [4.78, 5) is 37.1. The Morgan fingerprint density at radius 2 is 1.79 bits per heavy atom. The van der Waals surface area contributed by atoms with Gasteiger partial charge in [0.1, 0.15) is 11.6 Å². The topological polar surface area (TPSA) is 60.4 Å². The molecule has 4 aliphatic carbocycles. The number of hydrogen-bond acceptors (Lipinski definition) is 4. The van der Waals surface area contributed by atoms with Crippen molar-refractivity contribution >= 4 is 17.5 Å². The van der Waals surface area contributed by atoms with Crippen molar-refractivity contribution in [2.75, 3.05) is 7.11 Å². The zero-order valence-corrected chi connectivity index (χ0v) is 18.7. The van der Waals surface area contributed by atoms with Gasteiger partial charge in [0.15, 0.2) is 0 Å². The molecule has 0 N–H and O–H groups in total. The Balaban J connectivity index is 1.54. The molecule has 0 aromatic carbocycles. The summed E-state index contributed by atoms with van der Waals surface area (Å²) in [6.07, 6.45) is 8.96. The van der Waals surface area contributed by atoms with Gasteiger partial charge in [-0.15, -0.1) is 0 Å². The van der Waals surface area contributed by atoms with E-state index in [1.807, 2.05) is 0 Å². The van der Waals surface area contributed by atoms with Crippen LogP contribution in [0.2, 0.25) is 0 Å². The maximum absolute atomic E-state index is 13.4. The molecule has 0 amide bonds. The van der Waals surface area contributed by atoms with Gasteiger partial charge in [-0.1, -0.05) is 20.8 Å². The number of Topliss-reactive ketones (excluding diaryl/α,β-unsaturated/α-hetero) is 2. The molecule has 0 radical (unpaired) electrons. The first-order valence-corrected chi connectivity index (χ1v) is 11.8. The Labute approximate surface area is 175 Å². The third-order valence-electron chi connectivity index (χ3n) is 10.1. The number of hydrogen-bond donors (Lipinski definition) is 0. The minimum atomic E-state index is -0.117.